The van der Waals surface area contributed by atoms with E-state index in [0.29, 0.717) is 30.4 Å². The Kier molecular flexibility index (Phi) is 6.79. The van der Waals surface area contributed by atoms with Crippen molar-refractivity contribution < 1.29 is 18.7 Å². The van der Waals surface area contributed by atoms with Crippen molar-refractivity contribution in [3.8, 4) is 0 Å². The van der Waals surface area contributed by atoms with E-state index >= 15 is 0 Å². The largest absolute Gasteiger partial charge is 0.464 e. The number of ether oxygens (including phenoxy) is 1. The summed E-state index contributed by atoms with van der Waals surface area (Å²) in [5.74, 6) is 0.560. The van der Waals surface area contributed by atoms with E-state index in [1.54, 1.807) is 36.7 Å². The van der Waals surface area contributed by atoms with Gasteiger partial charge in [0.05, 0.1) is 24.4 Å². The van der Waals surface area contributed by atoms with Crippen LogP contribution in [-0.4, -0.2) is 36.1 Å². The maximum Gasteiger partial charge on any atom is 0.251 e. The van der Waals surface area contributed by atoms with Crippen LogP contribution in [0.15, 0.2) is 58.6 Å². The zero-order valence-electron chi connectivity index (χ0n) is 17.3. The van der Waals surface area contributed by atoms with Gasteiger partial charge >= 0.3 is 0 Å². The maximum absolute atomic E-state index is 13.5. The highest BCUT2D eigenvalue weighted by atomic mass is 32.1. The van der Waals surface area contributed by atoms with Crippen molar-refractivity contribution >= 4 is 28.8 Å². The molecular formula is C23H25N3O4S. The molecular weight excluding hydrogens is 414 g/mol. The van der Waals surface area contributed by atoms with Crippen LogP contribution in [0.5, 0.6) is 0 Å². The lowest BCUT2D eigenvalue weighted by molar-refractivity contribution is -0.127. The second-order valence-electron chi connectivity index (χ2n) is 7.46. The number of pyridine rings is 1. The molecule has 162 valence electrons. The molecule has 0 aliphatic carbocycles. The molecule has 4 rings (SSSR count). The van der Waals surface area contributed by atoms with Crippen molar-refractivity contribution in [2.45, 2.75) is 38.3 Å². The number of nitrogens with zero attached hydrogens (tertiary/aromatic N) is 2. The van der Waals surface area contributed by atoms with Gasteiger partial charge < -0.3 is 14.5 Å². The molecule has 8 heteroatoms. The molecule has 7 nitrogen and oxygen atoms in total. The van der Waals surface area contributed by atoms with E-state index in [1.165, 1.54) is 16.2 Å². The van der Waals surface area contributed by atoms with E-state index in [2.05, 4.69) is 10.3 Å². The minimum Gasteiger partial charge on any atom is -0.464 e. The average Bonchev–Trinajstić information content (AvgIpc) is 3.54. The standard InChI is InChI=1S/C23H25N3O4S/c1-16-8-9-20(30-16)22(23(28)25-15-18-6-3-11-29-18)26(17-5-2-10-24-14-17)21(27)13-19-7-4-12-31-19/h2,4-5,7-10,12,14,18,22H,3,6,11,13,15H2,1H3,(H,25,28). The summed E-state index contributed by atoms with van der Waals surface area (Å²) in [5, 5.41) is 4.89. The molecule has 1 aliphatic heterocycles. The van der Waals surface area contributed by atoms with Gasteiger partial charge in [-0.25, -0.2) is 0 Å². The van der Waals surface area contributed by atoms with E-state index in [4.69, 9.17) is 9.15 Å². The fourth-order valence-corrected chi connectivity index (χ4v) is 4.37. The maximum atomic E-state index is 13.5. The molecule has 0 radical (unpaired) electrons. The summed E-state index contributed by atoms with van der Waals surface area (Å²) in [7, 11) is 0. The molecule has 0 bridgehead atoms. The van der Waals surface area contributed by atoms with Crippen LogP contribution in [0, 0.1) is 6.92 Å². The van der Waals surface area contributed by atoms with Crippen LogP contribution in [0.3, 0.4) is 0 Å². The van der Waals surface area contributed by atoms with Crippen LogP contribution in [0.1, 0.15) is 35.3 Å². The zero-order valence-corrected chi connectivity index (χ0v) is 18.1. The lowest BCUT2D eigenvalue weighted by atomic mass is 10.1. The van der Waals surface area contributed by atoms with E-state index in [0.717, 1.165) is 17.7 Å². The normalized spacial score (nSPS) is 16.7. The number of carbonyl (C=O) groups is 2. The number of amides is 2. The molecule has 3 aromatic heterocycles. The Morgan fingerprint density at radius 3 is 2.84 bits per heavy atom. The van der Waals surface area contributed by atoms with Crippen LogP contribution in [0.25, 0.3) is 0 Å². The molecule has 31 heavy (non-hydrogen) atoms. The summed E-state index contributed by atoms with van der Waals surface area (Å²) in [5.41, 5.74) is 0.537. The number of anilines is 1. The predicted octanol–water partition coefficient (Wildman–Crippen LogP) is 3.66. The van der Waals surface area contributed by atoms with Crippen LogP contribution in [-0.2, 0) is 20.7 Å². The zero-order chi connectivity index (χ0) is 21.6. The van der Waals surface area contributed by atoms with Crippen molar-refractivity contribution in [2.75, 3.05) is 18.1 Å². The molecule has 2 atom stereocenters. The van der Waals surface area contributed by atoms with Gasteiger partial charge in [0.1, 0.15) is 11.5 Å². The van der Waals surface area contributed by atoms with Crippen LogP contribution in [0.4, 0.5) is 5.69 Å². The third-order valence-corrected chi connectivity index (χ3v) is 6.04. The number of hydrogen-bond donors (Lipinski definition) is 1. The Bertz CT molecular complexity index is 997. The highest BCUT2D eigenvalue weighted by Gasteiger charge is 2.35. The predicted molar refractivity (Wildman–Crippen MR) is 118 cm³/mol. The van der Waals surface area contributed by atoms with Gasteiger partial charge in [-0.15, -0.1) is 11.3 Å². The van der Waals surface area contributed by atoms with Crippen molar-refractivity contribution in [2.24, 2.45) is 0 Å². The van der Waals surface area contributed by atoms with E-state index in [9.17, 15) is 9.59 Å². The molecule has 0 aromatic carbocycles. The van der Waals surface area contributed by atoms with Gasteiger partial charge in [0.2, 0.25) is 5.91 Å². The Morgan fingerprint density at radius 1 is 1.29 bits per heavy atom. The molecule has 1 N–H and O–H groups in total. The van der Waals surface area contributed by atoms with Gasteiger partial charge in [-0.1, -0.05) is 6.07 Å². The van der Waals surface area contributed by atoms with Gasteiger partial charge in [0.25, 0.3) is 5.91 Å². The Morgan fingerprint density at radius 2 is 2.19 bits per heavy atom. The first-order valence-electron chi connectivity index (χ1n) is 10.3. The SMILES string of the molecule is Cc1ccc(C(C(=O)NCC2CCCO2)N(C(=O)Cc2cccs2)c2cccnc2)o1. The number of nitrogens with one attached hydrogen (secondary N) is 1. The topological polar surface area (TPSA) is 84.7 Å². The van der Waals surface area contributed by atoms with Crippen LogP contribution >= 0.6 is 11.3 Å². The van der Waals surface area contributed by atoms with Crippen molar-refractivity contribution in [3.63, 3.8) is 0 Å². The third-order valence-electron chi connectivity index (χ3n) is 5.16. The van der Waals surface area contributed by atoms with E-state index < -0.39 is 6.04 Å². The average molecular weight is 440 g/mol. The lowest BCUT2D eigenvalue weighted by Crippen LogP contribution is -2.46. The quantitative estimate of drug-likeness (QED) is 0.579. The van der Waals surface area contributed by atoms with E-state index in [1.807, 2.05) is 24.4 Å². The number of aromatic nitrogens is 1. The number of rotatable bonds is 8. The van der Waals surface area contributed by atoms with Gasteiger partial charge in [-0.05, 0) is 55.5 Å². The summed E-state index contributed by atoms with van der Waals surface area (Å²) < 4.78 is 11.5. The number of carbonyl (C=O) groups excluding carboxylic acids is 2. The fraction of sp³-hybridized carbons (Fsp3) is 0.348. The molecule has 1 fully saturated rings. The number of thiophene rings is 1. The first kappa shape index (κ1) is 21.3. The molecule has 0 spiro atoms. The van der Waals surface area contributed by atoms with Gasteiger partial charge in [-0.2, -0.15) is 0 Å². The van der Waals surface area contributed by atoms with Crippen LogP contribution in [0.2, 0.25) is 0 Å². The monoisotopic (exact) mass is 439 g/mol. The Balaban J connectivity index is 1.66. The summed E-state index contributed by atoms with van der Waals surface area (Å²) in [6, 6.07) is 9.92. The van der Waals surface area contributed by atoms with Crippen molar-refractivity contribution in [1.82, 2.24) is 10.3 Å². The van der Waals surface area contributed by atoms with E-state index in [-0.39, 0.29) is 24.3 Å². The number of hydrogen-bond acceptors (Lipinski definition) is 6. The Hall–Kier alpha value is -2.97. The molecule has 2 amide bonds. The number of furan rings is 1. The van der Waals surface area contributed by atoms with Crippen LogP contribution < -0.4 is 10.2 Å². The van der Waals surface area contributed by atoms with Crippen molar-refractivity contribution in [1.29, 1.82) is 0 Å². The molecule has 4 heterocycles. The van der Waals surface area contributed by atoms with Gasteiger partial charge in [-0.3, -0.25) is 19.5 Å². The second kappa shape index (κ2) is 9.89. The summed E-state index contributed by atoms with van der Waals surface area (Å²) >= 11 is 1.51. The summed E-state index contributed by atoms with van der Waals surface area (Å²) in [4.78, 5) is 33.4. The molecule has 2 unspecified atom stereocenters. The third kappa shape index (κ3) is 5.21. The van der Waals surface area contributed by atoms with Crippen molar-refractivity contribution in [3.05, 3.63) is 70.6 Å². The molecule has 0 saturated carbocycles. The fourth-order valence-electron chi connectivity index (χ4n) is 3.67. The first-order valence-corrected chi connectivity index (χ1v) is 11.2. The molecule has 1 aliphatic rings. The minimum absolute atomic E-state index is 0.00315. The number of aryl methyl sites for hydroxylation is 1. The first-order chi connectivity index (χ1) is 15.1. The summed E-state index contributed by atoms with van der Waals surface area (Å²) in [6.45, 7) is 2.92. The van der Waals surface area contributed by atoms with Gasteiger partial charge in [0.15, 0.2) is 6.04 Å². The minimum atomic E-state index is -0.952. The molecule has 1 saturated heterocycles. The second-order valence-corrected chi connectivity index (χ2v) is 8.49. The lowest BCUT2D eigenvalue weighted by Gasteiger charge is -2.30. The Labute approximate surface area is 185 Å². The molecule has 3 aromatic rings. The van der Waals surface area contributed by atoms with Gasteiger partial charge in [0, 0.05) is 24.2 Å². The smallest absolute Gasteiger partial charge is 0.251 e. The highest BCUT2D eigenvalue weighted by molar-refractivity contribution is 7.10. The highest BCUT2D eigenvalue weighted by Crippen LogP contribution is 2.30. The summed E-state index contributed by atoms with van der Waals surface area (Å²) in [6.07, 6.45) is 5.30.